The summed E-state index contributed by atoms with van der Waals surface area (Å²) < 4.78 is 1.24. The summed E-state index contributed by atoms with van der Waals surface area (Å²) in [6, 6.07) is 6.60. The van der Waals surface area contributed by atoms with Crippen molar-refractivity contribution < 1.29 is 0 Å². The zero-order valence-corrected chi connectivity index (χ0v) is 10.3. The van der Waals surface area contributed by atoms with Crippen molar-refractivity contribution in [1.29, 1.82) is 0 Å². The molecule has 0 aliphatic rings. The van der Waals surface area contributed by atoms with Crippen LogP contribution in [0.2, 0.25) is 0 Å². The standard InChI is InChI=1S/C10H12Br2/c1-2-8-3-4-9(5-6-11)10(12)7-8/h3-4,7H,2,5-6H2,1H3. The second kappa shape index (κ2) is 5.03. The molecule has 0 saturated heterocycles. The number of hydrogen-bond donors (Lipinski definition) is 0. The number of benzene rings is 1. The lowest BCUT2D eigenvalue weighted by Gasteiger charge is -2.03. The maximum Gasteiger partial charge on any atom is 0.0210 e. The third-order valence-electron chi connectivity index (χ3n) is 1.89. The summed E-state index contributed by atoms with van der Waals surface area (Å²) in [7, 11) is 0. The van der Waals surface area contributed by atoms with E-state index in [0.29, 0.717) is 0 Å². The summed E-state index contributed by atoms with van der Waals surface area (Å²) in [5.74, 6) is 0. The van der Waals surface area contributed by atoms with Crippen molar-refractivity contribution in [1.82, 2.24) is 0 Å². The zero-order chi connectivity index (χ0) is 8.97. The summed E-state index contributed by atoms with van der Waals surface area (Å²) in [5, 5.41) is 1.02. The molecule has 1 aromatic rings. The number of rotatable bonds is 3. The molecule has 0 N–H and O–H groups in total. The van der Waals surface area contributed by atoms with Gasteiger partial charge in [0, 0.05) is 9.80 Å². The van der Waals surface area contributed by atoms with Gasteiger partial charge in [-0.15, -0.1) is 0 Å². The lowest BCUT2D eigenvalue weighted by Crippen LogP contribution is -1.89. The van der Waals surface area contributed by atoms with Crippen LogP contribution in [0.3, 0.4) is 0 Å². The lowest BCUT2D eigenvalue weighted by molar-refractivity contribution is 1.10. The van der Waals surface area contributed by atoms with Gasteiger partial charge in [0.15, 0.2) is 0 Å². The molecule has 1 aromatic carbocycles. The van der Waals surface area contributed by atoms with Gasteiger partial charge in [-0.2, -0.15) is 0 Å². The number of aryl methyl sites for hydroxylation is 2. The van der Waals surface area contributed by atoms with E-state index in [4.69, 9.17) is 0 Å². The Bertz CT molecular complexity index is 256. The average Bonchev–Trinajstić information content (AvgIpc) is 2.09. The quantitative estimate of drug-likeness (QED) is 0.740. The van der Waals surface area contributed by atoms with Crippen LogP contribution in [0.1, 0.15) is 18.1 Å². The maximum absolute atomic E-state index is 3.57. The Balaban J connectivity index is 2.87. The topological polar surface area (TPSA) is 0 Å². The number of hydrogen-bond acceptors (Lipinski definition) is 0. The molecule has 0 bridgehead atoms. The van der Waals surface area contributed by atoms with E-state index in [9.17, 15) is 0 Å². The van der Waals surface area contributed by atoms with Crippen molar-refractivity contribution in [3.05, 3.63) is 33.8 Å². The smallest absolute Gasteiger partial charge is 0.0210 e. The van der Waals surface area contributed by atoms with Gasteiger partial charge in [-0.05, 0) is 30.0 Å². The van der Waals surface area contributed by atoms with Crippen LogP contribution in [0.4, 0.5) is 0 Å². The molecule has 0 aliphatic carbocycles. The first-order valence-corrected chi connectivity index (χ1v) is 6.02. The Hall–Kier alpha value is 0.180. The van der Waals surface area contributed by atoms with Crippen molar-refractivity contribution >= 4 is 31.9 Å². The van der Waals surface area contributed by atoms with Crippen LogP contribution < -0.4 is 0 Å². The van der Waals surface area contributed by atoms with Gasteiger partial charge in [0.25, 0.3) is 0 Å². The molecule has 0 aromatic heterocycles. The molecule has 66 valence electrons. The number of halogens is 2. The molecule has 12 heavy (non-hydrogen) atoms. The largest absolute Gasteiger partial charge is 0.0924 e. The van der Waals surface area contributed by atoms with Crippen LogP contribution >= 0.6 is 31.9 Å². The molecule has 0 nitrogen and oxygen atoms in total. The first-order chi connectivity index (χ1) is 5.77. The van der Waals surface area contributed by atoms with E-state index in [-0.39, 0.29) is 0 Å². The van der Waals surface area contributed by atoms with Crippen LogP contribution in [-0.4, -0.2) is 5.33 Å². The molecule has 0 radical (unpaired) electrons. The van der Waals surface area contributed by atoms with Crippen molar-refractivity contribution in [3.8, 4) is 0 Å². The molecule has 2 heteroatoms. The normalized spacial score (nSPS) is 10.2. The Labute approximate surface area is 90.6 Å². The molecule has 0 aliphatic heterocycles. The highest BCUT2D eigenvalue weighted by Crippen LogP contribution is 2.19. The molecule has 1 rings (SSSR count). The van der Waals surface area contributed by atoms with Crippen molar-refractivity contribution in [2.75, 3.05) is 5.33 Å². The highest BCUT2D eigenvalue weighted by atomic mass is 79.9. The van der Waals surface area contributed by atoms with Gasteiger partial charge >= 0.3 is 0 Å². The minimum absolute atomic E-state index is 1.02. The molecule has 0 amide bonds. The molecule has 0 unspecified atom stereocenters. The second-order valence-corrected chi connectivity index (χ2v) is 4.37. The zero-order valence-electron chi connectivity index (χ0n) is 7.11. The van der Waals surface area contributed by atoms with Crippen LogP contribution in [-0.2, 0) is 12.8 Å². The number of alkyl halides is 1. The van der Waals surface area contributed by atoms with Gasteiger partial charge in [0.1, 0.15) is 0 Å². The highest BCUT2D eigenvalue weighted by Gasteiger charge is 1.99. The first kappa shape index (κ1) is 10.3. The Morgan fingerprint density at radius 2 is 2.08 bits per heavy atom. The van der Waals surface area contributed by atoms with E-state index < -0.39 is 0 Å². The summed E-state index contributed by atoms with van der Waals surface area (Å²) in [6.07, 6.45) is 2.19. The van der Waals surface area contributed by atoms with Crippen LogP contribution in [0.5, 0.6) is 0 Å². The molecule has 0 atom stereocenters. The molecule has 0 heterocycles. The monoisotopic (exact) mass is 290 g/mol. The Kier molecular flexibility index (Phi) is 4.30. The van der Waals surface area contributed by atoms with Gasteiger partial charge in [0.2, 0.25) is 0 Å². The van der Waals surface area contributed by atoms with Crippen LogP contribution in [0.15, 0.2) is 22.7 Å². The first-order valence-electron chi connectivity index (χ1n) is 4.11. The summed E-state index contributed by atoms with van der Waals surface area (Å²) in [5.41, 5.74) is 2.77. The van der Waals surface area contributed by atoms with Gasteiger partial charge in [-0.25, -0.2) is 0 Å². The van der Waals surface area contributed by atoms with Crippen molar-refractivity contribution in [2.45, 2.75) is 19.8 Å². The van der Waals surface area contributed by atoms with Crippen LogP contribution in [0.25, 0.3) is 0 Å². The van der Waals surface area contributed by atoms with Gasteiger partial charge in [-0.1, -0.05) is 50.9 Å². The predicted octanol–water partition coefficient (Wildman–Crippen LogP) is 3.95. The summed E-state index contributed by atoms with van der Waals surface area (Å²) >= 11 is 7.00. The molecule has 0 fully saturated rings. The Morgan fingerprint density at radius 3 is 2.58 bits per heavy atom. The van der Waals surface area contributed by atoms with Gasteiger partial charge in [-0.3, -0.25) is 0 Å². The fourth-order valence-electron chi connectivity index (χ4n) is 1.12. The molecular formula is C10H12Br2. The van der Waals surface area contributed by atoms with Crippen LogP contribution in [0, 0.1) is 0 Å². The average molecular weight is 292 g/mol. The molecular weight excluding hydrogens is 280 g/mol. The van der Waals surface area contributed by atoms with E-state index in [0.717, 1.165) is 18.2 Å². The third-order valence-corrected chi connectivity index (χ3v) is 3.02. The van der Waals surface area contributed by atoms with E-state index in [1.54, 1.807) is 0 Å². The Morgan fingerprint density at radius 1 is 1.33 bits per heavy atom. The van der Waals surface area contributed by atoms with Crippen molar-refractivity contribution in [3.63, 3.8) is 0 Å². The van der Waals surface area contributed by atoms with Gasteiger partial charge in [0.05, 0.1) is 0 Å². The third kappa shape index (κ3) is 2.60. The van der Waals surface area contributed by atoms with E-state index in [1.807, 2.05) is 0 Å². The SMILES string of the molecule is CCc1ccc(CCBr)c(Br)c1. The fraction of sp³-hybridized carbons (Fsp3) is 0.400. The summed E-state index contributed by atoms with van der Waals surface area (Å²) in [4.78, 5) is 0. The summed E-state index contributed by atoms with van der Waals surface area (Å²) in [6.45, 7) is 2.17. The predicted molar refractivity (Wildman–Crippen MR) is 61.0 cm³/mol. The van der Waals surface area contributed by atoms with Crippen molar-refractivity contribution in [2.24, 2.45) is 0 Å². The van der Waals surface area contributed by atoms with E-state index >= 15 is 0 Å². The fourth-order valence-corrected chi connectivity index (χ4v) is 2.17. The highest BCUT2D eigenvalue weighted by molar-refractivity contribution is 9.10. The second-order valence-electron chi connectivity index (χ2n) is 2.72. The van der Waals surface area contributed by atoms with E-state index in [2.05, 4.69) is 57.0 Å². The van der Waals surface area contributed by atoms with E-state index in [1.165, 1.54) is 15.6 Å². The lowest BCUT2D eigenvalue weighted by atomic mass is 10.1. The minimum Gasteiger partial charge on any atom is -0.0924 e. The molecule has 0 saturated carbocycles. The minimum atomic E-state index is 1.02. The van der Waals surface area contributed by atoms with Gasteiger partial charge < -0.3 is 0 Å². The molecule has 0 spiro atoms. The maximum atomic E-state index is 3.57.